The van der Waals surface area contributed by atoms with Crippen LogP contribution in [0.4, 0.5) is 0 Å². The molecule has 5 nitrogen and oxygen atoms in total. The van der Waals surface area contributed by atoms with E-state index in [1.165, 1.54) is 0 Å². The van der Waals surface area contributed by atoms with Gasteiger partial charge in [-0.2, -0.15) is 5.10 Å². The van der Waals surface area contributed by atoms with Gasteiger partial charge in [0.25, 0.3) is 0 Å². The van der Waals surface area contributed by atoms with E-state index in [1.54, 1.807) is 12.5 Å². The summed E-state index contributed by atoms with van der Waals surface area (Å²) in [5, 5.41) is 4.72. The summed E-state index contributed by atoms with van der Waals surface area (Å²) in [5.41, 5.74) is 5.38. The highest BCUT2D eigenvalue weighted by atomic mass is 16.3. The van der Waals surface area contributed by atoms with Crippen molar-refractivity contribution in [1.29, 1.82) is 0 Å². The van der Waals surface area contributed by atoms with Gasteiger partial charge in [0.2, 0.25) is 0 Å². The van der Waals surface area contributed by atoms with Crippen LogP contribution in [0, 0.1) is 6.92 Å². The zero-order valence-electron chi connectivity index (χ0n) is 14.3. The van der Waals surface area contributed by atoms with Crippen LogP contribution in [0.3, 0.4) is 0 Å². The third-order valence-electron chi connectivity index (χ3n) is 5.10. The molecule has 1 aliphatic rings. The summed E-state index contributed by atoms with van der Waals surface area (Å²) in [6.07, 6.45) is 4.52. The molecule has 0 amide bonds. The summed E-state index contributed by atoms with van der Waals surface area (Å²) in [6, 6.07) is 13.9. The number of rotatable bonds is 2. The molecule has 0 fully saturated rings. The van der Waals surface area contributed by atoms with Crippen LogP contribution >= 0.6 is 0 Å². The number of ketones is 1. The number of aryl methyl sites for hydroxylation is 1. The molecule has 0 N–H and O–H groups in total. The van der Waals surface area contributed by atoms with Crippen molar-refractivity contribution in [3.8, 4) is 11.1 Å². The van der Waals surface area contributed by atoms with Crippen LogP contribution < -0.4 is 0 Å². The van der Waals surface area contributed by atoms with E-state index in [4.69, 9.17) is 9.52 Å². The Balaban J connectivity index is 1.70. The van der Waals surface area contributed by atoms with Crippen LogP contribution in [0.2, 0.25) is 0 Å². The number of aromatic nitrogens is 3. The minimum Gasteiger partial charge on any atom is -0.469 e. The maximum atomic E-state index is 12.7. The van der Waals surface area contributed by atoms with Crippen LogP contribution in [-0.2, 0) is 6.42 Å². The van der Waals surface area contributed by atoms with E-state index in [9.17, 15) is 4.79 Å². The monoisotopic (exact) mass is 343 g/mol. The number of furan rings is 1. The number of hydrogen-bond donors (Lipinski definition) is 0. The Morgan fingerprint density at radius 3 is 2.73 bits per heavy atom. The van der Waals surface area contributed by atoms with E-state index >= 15 is 0 Å². The molecule has 4 aromatic rings. The minimum atomic E-state index is 0.0419. The van der Waals surface area contributed by atoms with E-state index < -0.39 is 0 Å². The second-order valence-corrected chi connectivity index (χ2v) is 6.72. The fraction of sp³-hybridized carbons (Fsp3) is 0.190. The molecule has 0 unspecified atom stereocenters. The second kappa shape index (κ2) is 5.66. The van der Waals surface area contributed by atoms with Crippen molar-refractivity contribution in [3.05, 3.63) is 77.6 Å². The smallest absolute Gasteiger partial charge is 0.167 e. The van der Waals surface area contributed by atoms with Crippen molar-refractivity contribution in [2.45, 2.75) is 25.7 Å². The topological polar surface area (TPSA) is 60.4 Å². The molecule has 0 saturated heterocycles. The molecule has 3 aromatic heterocycles. The predicted molar refractivity (Wildman–Crippen MR) is 97.3 cm³/mol. The second-order valence-electron chi connectivity index (χ2n) is 6.72. The molecule has 0 saturated carbocycles. The Labute approximate surface area is 150 Å². The summed E-state index contributed by atoms with van der Waals surface area (Å²) >= 11 is 0. The van der Waals surface area contributed by atoms with Crippen molar-refractivity contribution in [1.82, 2.24) is 14.6 Å². The van der Waals surface area contributed by atoms with Gasteiger partial charge < -0.3 is 4.42 Å². The van der Waals surface area contributed by atoms with Crippen molar-refractivity contribution in [2.24, 2.45) is 0 Å². The quantitative estimate of drug-likeness (QED) is 0.547. The molecule has 0 bridgehead atoms. The van der Waals surface area contributed by atoms with E-state index in [0.717, 1.165) is 33.9 Å². The Hall–Kier alpha value is -3.21. The van der Waals surface area contributed by atoms with Crippen LogP contribution in [0.15, 0.2) is 59.3 Å². The van der Waals surface area contributed by atoms with Crippen LogP contribution in [0.1, 0.15) is 39.8 Å². The standard InChI is InChI=1S/C21H17N3O2/c1-13-20(14-6-3-2-4-7-14)21-22-12-16-17(24(21)23-13)10-15(11-18(16)25)19-8-5-9-26-19/h2-9,12,15H,10-11H2,1H3/t15-/m0/s1. The first-order valence-electron chi connectivity index (χ1n) is 8.71. The van der Waals surface area contributed by atoms with Crippen LogP contribution in [0.25, 0.3) is 16.8 Å². The van der Waals surface area contributed by atoms with Crippen LogP contribution in [0.5, 0.6) is 0 Å². The lowest BCUT2D eigenvalue weighted by atomic mass is 9.85. The van der Waals surface area contributed by atoms with Crippen molar-refractivity contribution >= 4 is 11.4 Å². The minimum absolute atomic E-state index is 0.0419. The molecule has 1 aromatic carbocycles. The van der Waals surface area contributed by atoms with E-state index in [2.05, 4.69) is 17.1 Å². The zero-order valence-corrected chi connectivity index (χ0v) is 14.3. The third kappa shape index (κ3) is 2.20. The van der Waals surface area contributed by atoms with Crippen molar-refractivity contribution in [2.75, 3.05) is 0 Å². The first kappa shape index (κ1) is 15.1. The van der Waals surface area contributed by atoms with E-state index in [0.29, 0.717) is 18.4 Å². The lowest BCUT2D eigenvalue weighted by molar-refractivity contribution is 0.0958. The van der Waals surface area contributed by atoms with Crippen LogP contribution in [-0.4, -0.2) is 20.4 Å². The number of Topliss-reactive ketones (excluding diaryl/α,β-unsaturated/α-hetero) is 1. The van der Waals surface area contributed by atoms with Gasteiger partial charge in [0.05, 0.1) is 23.2 Å². The largest absolute Gasteiger partial charge is 0.469 e. The lowest BCUT2D eigenvalue weighted by Gasteiger charge is -2.22. The number of carbonyl (C=O) groups excluding carboxylic acids is 1. The molecule has 1 aliphatic carbocycles. The highest BCUT2D eigenvalue weighted by Gasteiger charge is 2.31. The summed E-state index contributed by atoms with van der Waals surface area (Å²) in [5.74, 6) is 0.984. The van der Waals surface area contributed by atoms with Gasteiger partial charge in [-0.25, -0.2) is 9.50 Å². The van der Waals surface area contributed by atoms with E-state index in [-0.39, 0.29) is 11.7 Å². The fourth-order valence-corrected chi connectivity index (χ4v) is 3.87. The van der Waals surface area contributed by atoms with Gasteiger partial charge in [0, 0.05) is 30.5 Å². The Bertz CT molecular complexity index is 1110. The number of benzene rings is 1. The number of fused-ring (bicyclic) bond motifs is 3. The average molecular weight is 343 g/mol. The molecule has 1 atom stereocenters. The molecule has 128 valence electrons. The normalized spacial score (nSPS) is 16.8. The Morgan fingerprint density at radius 1 is 1.12 bits per heavy atom. The van der Waals surface area contributed by atoms with Gasteiger partial charge in [0.1, 0.15) is 5.76 Å². The highest BCUT2D eigenvalue weighted by molar-refractivity contribution is 5.99. The zero-order chi connectivity index (χ0) is 17.7. The van der Waals surface area contributed by atoms with E-state index in [1.807, 2.05) is 41.8 Å². The fourth-order valence-electron chi connectivity index (χ4n) is 3.87. The molecule has 0 radical (unpaired) electrons. The van der Waals surface area contributed by atoms with Gasteiger partial charge in [-0.15, -0.1) is 0 Å². The van der Waals surface area contributed by atoms with Gasteiger partial charge in [-0.3, -0.25) is 4.79 Å². The highest BCUT2D eigenvalue weighted by Crippen LogP contribution is 2.35. The third-order valence-corrected chi connectivity index (χ3v) is 5.10. The molecular weight excluding hydrogens is 326 g/mol. The Kier molecular flexibility index (Phi) is 3.28. The molecule has 3 heterocycles. The van der Waals surface area contributed by atoms with Gasteiger partial charge in [-0.05, 0) is 24.6 Å². The molecular formula is C21H17N3O2. The SMILES string of the molecule is Cc1nn2c3c(cnc2c1-c1ccccc1)C(=O)C[C@@H](c1ccco1)C3. The molecule has 26 heavy (non-hydrogen) atoms. The number of nitrogens with zero attached hydrogens (tertiary/aromatic N) is 3. The average Bonchev–Trinajstić information content (AvgIpc) is 3.29. The van der Waals surface area contributed by atoms with Gasteiger partial charge in [-0.1, -0.05) is 30.3 Å². The first-order valence-corrected chi connectivity index (χ1v) is 8.71. The predicted octanol–water partition coefficient (Wildman–Crippen LogP) is 4.21. The summed E-state index contributed by atoms with van der Waals surface area (Å²) in [6.45, 7) is 1.98. The molecule has 5 heteroatoms. The van der Waals surface area contributed by atoms with Gasteiger partial charge >= 0.3 is 0 Å². The van der Waals surface area contributed by atoms with Crippen molar-refractivity contribution in [3.63, 3.8) is 0 Å². The molecule has 0 spiro atoms. The maximum Gasteiger partial charge on any atom is 0.167 e. The molecule has 0 aliphatic heterocycles. The number of carbonyl (C=O) groups is 1. The first-order chi connectivity index (χ1) is 12.7. The van der Waals surface area contributed by atoms with Gasteiger partial charge in [0.15, 0.2) is 11.4 Å². The summed E-state index contributed by atoms with van der Waals surface area (Å²) in [7, 11) is 0. The van der Waals surface area contributed by atoms with Crippen molar-refractivity contribution < 1.29 is 9.21 Å². The lowest BCUT2D eigenvalue weighted by Crippen LogP contribution is -2.22. The summed E-state index contributed by atoms with van der Waals surface area (Å²) < 4.78 is 7.40. The molecule has 5 rings (SSSR count). The number of hydrogen-bond acceptors (Lipinski definition) is 4. The maximum absolute atomic E-state index is 12.7. The summed E-state index contributed by atoms with van der Waals surface area (Å²) in [4.78, 5) is 17.3. The Morgan fingerprint density at radius 2 is 1.96 bits per heavy atom.